The number of pyridine rings is 1. The topological polar surface area (TPSA) is 77.2 Å². The van der Waals surface area contributed by atoms with E-state index in [0.29, 0.717) is 17.9 Å². The average Bonchev–Trinajstić information content (AvgIpc) is 3.29. The highest BCUT2D eigenvalue weighted by Gasteiger charge is 2.19. The number of amides is 1. The lowest BCUT2D eigenvalue weighted by molar-refractivity contribution is 0.0927. The summed E-state index contributed by atoms with van der Waals surface area (Å²) in [5.74, 6) is 0.793. The number of benzene rings is 2. The molecule has 0 fully saturated rings. The molecule has 0 radical (unpaired) electrons. The van der Waals surface area contributed by atoms with E-state index < -0.39 is 0 Å². The molecule has 156 valence electrons. The van der Waals surface area contributed by atoms with Gasteiger partial charge in [-0.15, -0.1) is 0 Å². The first-order valence-electron chi connectivity index (χ1n) is 10.1. The molecular formula is C25H23N3O3. The van der Waals surface area contributed by atoms with Gasteiger partial charge in [-0.05, 0) is 36.6 Å². The fourth-order valence-electron chi connectivity index (χ4n) is 3.20. The van der Waals surface area contributed by atoms with E-state index >= 15 is 0 Å². The molecular weight excluding hydrogens is 390 g/mol. The lowest BCUT2D eigenvalue weighted by Gasteiger charge is -2.19. The van der Waals surface area contributed by atoms with E-state index in [4.69, 9.17) is 9.26 Å². The molecule has 1 amide bonds. The number of hydrogen-bond acceptors (Lipinski definition) is 5. The van der Waals surface area contributed by atoms with Gasteiger partial charge in [-0.3, -0.25) is 9.78 Å². The Morgan fingerprint density at radius 2 is 1.77 bits per heavy atom. The zero-order valence-corrected chi connectivity index (χ0v) is 17.2. The molecule has 0 unspecified atom stereocenters. The van der Waals surface area contributed by atoms with Gasteiger partial charge in [0.2, 0.25) is 0 Å². The summed E-state index contributed by atoms with van der Waals surface area (Å²) in [6, 6.07) is 25.1. The van der Waals surface area contributed by atoms with Crippen molar-refractivity contribution >= 4 is 5.91 Å². The first-order valence-corrected chi connectivity index (χ1v) is 10.1. The van der Waals surface area contributed by atoms with Crippen LogP contribution in [0.4, 0.5) is 0 Å². The third-order valence-corrected chi connectivity index (χ3v) is 4.85. The molecule has 0 aliphatic carbocycles. The molecule has 0 saturated carbocycles. The molecule has 0 spiro atoms. The Morgan fingerprint density at radius 1 is 1.03 bits per heavy atom. The van der Waals surface area contributed by atoms with Crippen molar-refractivity contribution < 1.29 is 14.1 Å². The molecule has 0 bridgehead atoms. The molecule has 6 nitrogen and oxygen atoms in total. The van der Waals surface area contributed by atoms with Gasteiger partial charge in [0.25, 0.3) is 5.91 Å². The van der Waals surface area contributed by atoms with Crippen LogP contribution in [0.3, 0.4) is 0 Å². The van der Waals surface area contributed by atoms with Crippen molar-refractivity contribution in [2.24, 2.45) is 0 Å². The van der Waals surface area contributed by atoms with Crippen molar-refractivity contribution in [2.75, 3.05) is 0 Å². The van der Waals surface area contributed by atoms with E-state index in [1.54, 1.807) is 12.3 Å². The Balaban J connectivity index is 1.43. The second-order valence-corrected chi connectivity index (χ2v) is 7.23. The number of rotatable bonds is 8. The lowest BCUT2D eigenvalue weighted by Crippen LogP contribution is -2.30. The maximum atomic E-state index is 12.9. The van der Waals surface area contributed by atoms with Crippen LogP contribution < -0.4 is 10.1 Å². The van der Waals surface area contributed by atoms with Gasteiger partial charge in [-0.1, -0.05) is 65.8 Å². The largest absolute Gasteiger partial charge is 0.484 e. The first kappa shape index (κ1) is 20.3. The summed E-state index contributed by atoms with van der Waals surface area (Å²) >= 11 is 0. The number of nitrogens with one attached hydrogen (secondary N) is 1. The van der Waals surface area contributed by atoms with Crippen LogP contribution in [0.15, 0.2) is 89.6 Å². The van der Waals surface area contributed by atoms with E-state index in [-0.39, 0.29) is 24.2 Å². The van der Waals surface area contributed by atoms with Gasteiger partial charge in [0.15, 0.2) is 11.5 Å². The lowest BCUT2D eigenvalue weighted by atomic mass is 9.98. The van der Waals surface area contributed by atoms with E-state index in [0.717, 1.165) is 16.8 Å². The molecule has 4 aromatic rings. The molecule has 0 aliphatic heterocycles. The number of hydrogen-bond donors (Lipinski definition) is 1. The molecule has 1 N–H and O–H groups in total. The second kappa shape index (κ2) is 9.71. The van der Waals surface area contributed by atoms with Crippen molar-refractivity contribution in [2.45, 2.75) is 26.0 Å². The van der Waals surface area contributed by atoms with E-state index in [9.17, 15) is 4.79 Å². The fraction of sp³-hybridized carbons (Fsp3) is 0.160. The van der Waals surface area contributed by atoms with Crippen LogP contribution in [0.1, 0.15) is 39.1 Å². The van der Waals surface area contributed by atoms with Crippen LogP contribution in [-0.4, -0.2) is 16.0 Å². The highest BCUT2D eigenvalue weighted by atomic mass is 16.5. The molecule has 2 aromatic carbocycles. The Morgan fingerprint density at radius 3 is 2.48 bits per heavy atom. The summed E-state index contributed by atoms with van der Waals surface area (Å²) in [7, 11) is 0. The van der Waals surface area contributed by atoms with Crippen molar-refractivity contribution in [3.8, 4) is 5.75 Å². The summed E-state index contributed by atoms with van der Waals surface area (Å²) in [6.45, 7) is 2.07. The van der Waals surface area contributed by atoms with Crippen LogP contribution in [0.25, 0.3) is 0 Å². The predicted octanol–water partition coefficient (Wildman–Crippen LogP) is 4.67. The maximum absolute atomic E-state index is 12.9. The highest BCUT2D eigenvalue weighted by molar-refractivity contribution is 5.92. The zero-order valence-electron chi connectivity index (χ0n) is 17.2. The van der Waals surface area contributed by atoms with Crippen LogP contribution in [-0.2, 0) is 13.0 Å². The molecule has 6 heteroatoms. The van der Waals surface area contributed by atoms with Gasteiger partial charge in [0.05, 0.1) is 12.2 Å². The predicted molar refractivity (Wildman–Crippen MR) is 117 cm³/mol. The van der Waals surface area contributed by atoms with Gasteiger partial charge in [0.1, 0.15) is 12.4 Å². The number of aromatic nitrogens is 2. The number of nitrogens with zero attached hydrogens (tertiary/aromatic N) is 2. The van der Waals surface area contributed by atoms with Gasteiger partial charge >= 0.3 is 0 Å². The Labute approximate surface area is 180 Å². The van der Waals surface area contributed by atoms with E-state index in [1.807, 2.05) is 79.7 Å². The summed E-state index contributed by atoms with van der Waals surface area (Å²) in [5, 5.41) is 6.99. The zero-order chi connectivity index (χ0) is 21.5. The average molecular weight is 413 g/mol. The van der Waals surface area contributed by atoms with E-state index in [2.05, 4.69) is 15.5 Å². The van der Waals surface area contributed by atoms with Crippen molar-refractivity contribution in [3.63, 3.8) is 0 Å². The minimum absolute atomic E-state index is 0.164. The minimum Gasteiger partial charge on any atom is -0.484 e. The molecule has 2 aromatic heterocycles. The quantitative estimate of drug-likeness (QED) is 0.454. The second-order valence-electron chi connectivity index (χ2n) is 7.23. The Kier molecular flexibility index (Phi) is 6.38. The molecule has 31 heavy (non-hydrogen) atoms. The normalized spacial score (nSPS) is 11.6. The smallest absolute Gasteiger partial charge is 0.273 e. The number of aryl methyl sites for hydroxylation is 1. The monoisotopic (exact) mass is 413 g/mol. The summed E-state index contributed by atoms with van der Waals surface area (Å²) in [4.78, 5) is 17.0. The van der Waals surface area contributed by atoms with E-state index in [1.165, 1.54) is 0 Å². The highest BCUT2D eigenvalue weighted by Crippen LogP contribution is 2.19. The molecule has 0 saturated heterocycles. The maximum Gasteiger partial charge on any atom is 0.273 e. The molecule has 0 aliphatic rings. The van der Waals surface area contributed by atoms with Gasteiger partial charge < -0.3 is 14.6 Å². The van der Waals surface area contributed by atoms with Gasteiger partial charge in [0, 0.05) is 11.8 Å². The van der Waals surface area contributed by atoms with Crippen LogP contribution in [0.2, 0.25) is 0 Å². The SMILES string of the molecule is Cc1ccc(OCc2cc(C(=O)N[C@H](Cc3ccccc3)c3ccccc3)no2)cn1. The molecule has 4 rings (SSSR count). The molecule has 2 heterocycles. The molecule has 1 atom stereocenters. The standard InChI is InChI=1S/C25H23N3O3/c1-18-12-13-21(16-26-18)30-17-22-15-24(28-31-22)25(29)27-23(20-10-6-3-7-11-20)14-19-8-4-2-5-9-19/h2-13,15-16,23H,14,17H2,1H3,(H,27,29)/t23-/m1/s1. The third kappa shape index (κ3) is 5.57. The fourth-order valence-corrected chi connectivity index (χ4v) is 3.20. The number of carbonyl (C=O) groups is 1. The third-order valence-electron chi connectivity index (χ3n) is 4.85. The van der Waals surface area contributed by atoms with Crippen LogP contribution in [0.5, 0.6) is 5.75 Å². The summed E-state index contributed by atoms with van der Waals surface area (Å²) < 4.78 is 10.9. The minimum atomic E-state index is -0.295. The summed E-state index contributed by atoms with van der Waals surface area (Å²) in [6.07, 6.45) is 2.32. The van der Waals surface area contributed by atoms with Gasteiger partial charge in [-0.25, -0.2) is 0 Å². The van der Waals surface area contributed by atoms with Crippen molar-refractivity contribution in [1.29, 1.82) is 0 Å². The van der Waals surface area contributed by atoms with Crippen LogP contribution in [0, 0.1) is 6.92 Å². The first-order chi connectivity index (χ1) is 15.2. The van der Waals surface area contributed by atoms with Crippen LogP contribution >= 0.6 is 0 Å². The number of carbonyl (C=O) groups excluding carboxylic acids is 1. The van der Waals surface area contributed by atoms with Gasteiger partial charge in [-0.2, -0.15) is 0 Å². The van der Waals surface area contributed by atoms with Crippen molar-refractivity contribution in [1.82, 2.24) is 15.5 Å². The van der Waals surface area contributed by atoms with Crippen molar-refractivity contribution in [3.05, 3.63) is 113 Å². The summed E-state index contributed by atoms with van der Waals surface area (Å²) in [5.41, 5.74) is 3.29. The Hall–Kier alpha value is -3.93. The number of ether oxygens (including phenoxy) is 1. The Bertz CT molecular complexity index is 1110.